The first-order valence-corrected chi connectivity index (χ1v) is 24.0. The van der Waals surface area contributed by atoms with Crippen LogP contribution >= 0.6 is 7.82 Å². The van der Waals surface area contributed by atoms with Crippen molar-refractivity contribution in [1.29, 1.82) is 0 Å². The van der Waals surface area contributed by atoms with Gasteiger partial charge in [0.15, 0.2) is 6.10 Å². The first-order chi connectivity index (χ1) is 29.7. The van der Waals surface area contributed by atoms with Crippen LogP contribution in [0.25, 0.3) is 0 Å². The second-order valence-electron chi connectivity index (χ2n) is 14.4. The zero-order valence-electron chi connectivity index (χ0n) is 37.3. The summed E-state index contributed by atoms with van der Waals surface area (Å²) in [5.74, 6) is -1.13. The number of carbonyl (C=O) groups is 2. The van der Waals surface area contributed by atoms with Crippen LogP contribution in [-0.4, -0.2) is 65.7 Å². The van der Waals surface area contributed by atoms with Gasteiger partial charge in [0, 0.05) is 12.8 Å². The van der Waals surface area contributed by atoms with E-state index < -0.39 is 58.4 Å². The minimum Gasteiger partial charge on any atom is -0.462 e. The fourth-order valence-electron chi connectivity index (χ4n) is 5.13. The molecule has 0 bridgehead atoms. The van der Waals surface area contributed by atoms with Crippen molar-refractivity contribution in [3.63, 3.8) is 0 Å². The molecule has 11 heteroatoms. The van der Waals surface area contributed by atoms with Crippen LogP contribution in [0.1, 0.15) is 142 Å². The summed E-state index contributed by atoms with van der Waals surface area (Å²) in [4.78, 5) is 35.0. The third-order valence-corrected chi connectivity index (χ3v) is 9.57. The number of aliphatic hydroxyl groups is 2. The number of allylic oxidation sites excluding steroid dienone is 20. The first-order valence-electron chi connectivity index (χ1n) is 22.5. The topological polar surface area (TPSA) is 149 Å². The molecule has 0 aliphatic rings. The second kappa shape index (κ2) is 44.4. The van der Waals surface area contributed by atoms with Gasteiger partial charge in [-0.25, -0.2) is 4.57 Å². The molecule has 0 saturated carbocycles. The summed E-state index contributed by atoms with van der Waals surface area (Å²) < 4.78 is 32.6. The Balaban J connectivity index is 4.55. The number of ether oxygens (including phenoxy) is 2. The summed E-state index contributed by atoms with van der Waals surface area (Å²) in [5, 5.41) is 18.3. The van der Waals surface area contributed by atoms with Gasteiger partial charge in [0.25, 0.3) is 0 Å². The van der Waals surface area contributed by atoms with Crippen LogP contribution in [0.15, 0.2) is 122 Å². The van der Waals surface area contributed by atoms with E-state index in [9.17, 15) is 24.2 Å². The maximum atomic E-state index is 12.6. The highest BCUT2D eigenvalue weighted by Gasteiger charge is 2.27. The Bertz CT molecular complexity index is 1420. The van der Waals surface area contributed by atoms with Crippen molar-refractivity contribution in [3.05, 3.63) is 122 Å². The molecule has 0 aromatic rings. The number of carbonyl (C=O) groups excluding carboxylic acids is 2. The van der Waals surface area contributed by atoms with E-state index in [2.05, 4.69) is 116 Å². The summed E-state index contributed by atoms with van der Waals surface area (Å²) in [6, 6.07) is 0. The highest BCUT2D eigenvalue weighted by Crippen LogP contribution is 2.43. The highest BCUT2D eigenvalue weighted by atomic mass is 31.2. The number of phosphoric acid groups is 1. The van der Waals surface area contributed by atoms with E-state index in [0.717, 1.165) is 57.8 Å². The van der Waals surface area contributed by atoms with E-state index >= 15 is 0 Å². The fourth-order valence-corrected chi connectivity index (χ4v) is 5.92. The molecule has 0 aromatic carbocycles. The number of unbranched alkanes of at least 4 members (excludes halogenated alkanes) is 6. The number of phosphoric ester groups is 1. The van der Waals surface area contributed by atoms with E-state index in [1.54, 1.807) is 0 Å². The van der Waals surface area contributed by atoms with Crippen molar-refractivity contribution in [1.82, 2.24) is 0 Å². The molecule has 0 heterocycles. The van der Waals surface area contributed by atoms with Gasteiger partial charge in [0.2, 0.25) is 0 Å². The predicted molar refractivity (Wildman–Crippen MR) is 251 cm³/mol. The first kappa shape index (κ1) is 57.4. The Kier molecular flexibility index (Phi) is 41.8. The van der Waals surface area contributed by atoms with Crippen molar-refractivity contribution < 1.29 is 47.8 Å². The maximum Gasteiger partial charge on any atom is 0.472 e. The second-order valence-corrected chi connectivity index (χ2v) is 15.8. The lowest BCUT2D eigenvalue weighted by molar-refractivity contribution is -0.161. The molecule has 0 radical (unpaired) electrons. The van der Waals surface area contributed by atoms with Gasteiger partial charge in [-0.1, -0.05) is 161 Å². The fraction of sp³-hybridized carbons (Fsp3) is 0.560. The lowest BCUT2D eigenvalue weighted by Crippen LogP contribution is -2.29. The monoisotopic (exact) mass is 871 g/mol. The SMILES string of the molecule is CCCCC/C=C/C/C=C/C/C=C/C/C=C/C/C=C/CCC(=O)OC[C@H](COP(=O)(O)OC[C@@H](O)CO)OC(=O)CC/C=C/C/C=C/C/C=C/C/C=C/C/C=C/CCCCC. The van der Waals surface area contributed by atoms with Gasteiger partial charge < -0.3 is 24.6 Å². The predicted octanol–water partition coefficient (Wildman–Crippen LogP) is 12.3. The van der Waals surface area contributed by atoms with Crippen molar-refractivity contribution >= 4 is 19.8 Å². The zero-order chi connectivity index (χ0) is 44.8. The molecule has 10 nitrogen and oxygen atoms in total. The Hall–Kier alpha value is -3.63. The number of esters is 2. The molecule has 344 valence electrons. The molecule has 61 heavy (non-hydrogen) atoms. The number of hydrogen-bond donors (Lipinski definition) is 3. The number of rotatable bonds is 40. The van der Waals surface area contributed by atoms with Crippen LogP contribution < -0.4 is 0 Å². The third-order valence-electron chi connectivity index (χ3n) is 8.62. The molecule has 0 aliphatic carbocycles. The summed E-state index contributed by atoms with van der Waals surface area (Å²) in [6.45, 7) is 2.13. The Labute approximate surface area is 368 Å². The molecule has 3 atom stereocenters. The number of aliphatic hydroxyl groups excluding tert-OH is 2. The Morgan fingerprint density at radius 2 is 0.836 bits per heavy atom. The van der Waals surface area contributed by atoms with Crippen LogP contribution in [0, 0.1) is 0 Å². The van der Waals surface area contributed by atoms with Crippen LogP contribution in [0.5, 0.6) is 0 Å². The molecule has 0 spiro atoms. The molecule has 0 fully saturated rings. The van der Waals surface area contributed by atoms with Crippen LogP contribution in [0.4, 0.5) is 0 Å². The van der Waals surface area contributed by atoms with Gasteiger partial charge in [-0.05, 0) is 89.9 Å². The standard InChI is InChI=1S/C50H79O10P/c1-3-5-7-9-11-13-15-17-19-21-23-25-27-29-31-33-35-37-39-41-49(53)57-45-48(46-59-61(55,56)58-44-47(52)43-51)60-50(54)42-40-38-36-34-32-30-28-26-24-22-20-18-16-14-12-10-8-6-4-2/h11-14,17-20,23-26,29-32,35-38,47-48,51-52H,3-10,15-16,21-22,27-28,33-34,39-46H2,1-2H3,(H,55,56)/b13-11+,14-12+,19-17+,20-18+,25-23+,26-24+,31-29+,32-30+,37-35+,38-36+/t47-,48+/m0/s1. The lowest BCUT2D eigenvalue weighted by Gasteiger charge is -2.20. The van der Waals surface area contributed by atoms with Crippen molar-refractivity contribution in [2.24, 2.45) is 0 Å². The molecule has 3 N–H and O–H groups in total. The van der Waals surface area contributed by atoms with E-state index in [4.69, 9.17) is 19.1 Å². The third kappa shape index (κ3) is 44.2. The molecular weight excluding hydrogens is 792 g/mol. The minimum absolute atomic E-state index is 0.0375. The molecule has 0 rings (SSSR count). The zero-order valence-corrected chi connectivity index (χ0v) is 38.2. The van der Waals surface area contributed by atoms with Gasteiger partial charge in [0.1, 0.15) is 12.7 Å². The molecule has 0 aromatic heterocycles. The van der Waals surface area contributed by atoms with Gasteiger partial charge in [-0.3, -0.25) is 18.6 Å². The van der Waals surface area contributed by atoms with Crippen molar-refractivity contribution in [3.8, 4) is 0 Å². The summed E-state index contributed by atoms with van der Waals surface area (Å²) >= 11 is 0. The number of hydrogen-bond acceptors (Lipinski definition) is 9. The normalized spacial score (nSPS) is 14.9. The van der Waals surface area contributed by atoms with E-state index in [-0.39, 0.29) is 12.8 Å². The molecule has 0 aliphatic heterocycles. The Morgan fingerprint density at radius 3 is 1.21 bits per heavy atom. The maximum absolute atomic E-state index is 12.6. The van der Waals surface area contributed by atoms with Crippen LogP contribution in [0.2, 0.25) is 0 Å². The Morgan fingerprint density at radius 1 is 0.492 bits per heavy atom. The average Bonchev–Trinajstić information content (AvgIpc) is 3.25. The minimum atomic E-state index is -4.66. The van der Waals surface area contributed by atoms with Gasteiger partial charge >= 0.3 is 19.8 Å². The highest BCUT2D eigenvalue weighted by molar-refractivity contribution is 7.47. The lowest BCUT2D eigenvalue weighted by atomic mass is 10.2. The van der Waals surface area contributed by atoms with Crippen molar-refractivity contribution in [2.45, 2.75) is 154 Å². The quantitative estimate of drug-likeness (QED) is 0.0235. The summed E-state index contributed by atoms with van der Waals surface area (Å²) in [7, 11) is -4.66. The average molecular weight is 871 g/mol. The molecular formula is C50H79O10P. The van der Waals surface area contributed by atoms with E-state index in [0.29, 0.717) is 12.8 Å². The summed E-state index contributed by atoms with van der Waals surface area (Å²) in [6.07, 6.45) is 57.6. The molecule has 1 unspecified atom stereocenters. The van der Waals surface area contributed by atoms with Gasteiger partial charge in [-0.15, -0.1) is 0 Å². The van der Waals surface area contributed by atoms with Gasteiger partial charge in [-0.2, -0.15) is 0 Å². The summed E-state index contributed by atoms with van der Waals surface area (Å²) in [5.41, 5.74) is 0. The van der Waals surface area contributed by atoms with E-state index in [1.165, 1.54) is 44.9 Å². The van der Waals surface area contributed by atoms with Crippen molar-refractivity contribution in [2.75, 3.05) is 26.4 Å². The van der Waals surface area contributed by atoms with E-state index in [1.807, 2.05) is 24.3 Å². The molecule has 0 amide bonds. The largest absolute Gasteiger partial charge is 0.472 e. The van der Waals surface area contributed by atoms with Crippen LogP contribution in [0.3, 0.4) is 0 Å². The smallest absolute Gasteiger partial charge is 0.462 e. The molecule has 0 saturated heterocycles. The van der Waals surface area contributed by atoms with Gasteiger partial charge in [0.05, 0.1) is 19.8 Å². The van der Waals surface area contributed by atoms with Crippen LogP contribution in [-0.2, 0) is 32.7 Å².